The third kappa shape index (κ3) is 5.82. The molecule has 0 aliphatic carbocycles. The Balaban J connectivity index is 1.76. The van der Waals surface area contributed by atoms with Crippen LogP contribution in [0.1, 0.15) is 6.42 Å². The summed E-state index contributed by atoms with van der Waals surface area (Å²) in [6.07, 6.45) is 2.18. The molecule has 1 heterocycles. The average molecular weight is 458 g/mol. The molecule has 9 heteroatoms. The average Bonchev–Trinajstić information content (AvgIpc) is 2.79. The molecule has 3 aromatic rings. The van der Waals surface area contributed by atoms with Crippen LogP contribution in [-0.2, 0) is 9.59 Å². The van der Waals surface area contributed by atoms with E-state index >= 15 is 0 Å². The molecule has 0 radical (unpaired) electrons. The van der Waals surface area contributed by atoms with Gasteiger partial charge in [0, 0.05) is 17.5 Å². The van der Waals surface area contributed by atoms with Gasteiger partial charge in [0.2, 0.25) is 0 Å². The first-order valence-electron chi connectivity index (χ1n) is 9.77. The van der Waals surface area contributed by atoms with Gasteiger partial charge in [-0.2, -0.15) is 11.8 Å². The number of hydrogen-bond donors (Lipinski definition) is 2. The fraction of sp³-hybridized carbons (Fsp3) is 0.261. The zero-order valence-electron chi connectivity index (χ0n) is 17.6. The number of fused-ring (bicyclic) bond motifs is 1. The van der Waals surface area contributed by atoms with E-state index in [-0.39, 0.29) is 6.61 Å². The normalized spacial score (nSPS) is 11.7. The maximum absolute atomic E-state index is 12.1. The molecule has 1 atom stereocenters. The highest BCUT2D eigenvalue weighted by Gasteiger charge is 2.19. The van der Waals surface area contributed by atoms with E-state index < -0.39 is 23.5 Å². The number of aliphatic carboxylic acids is 1. The van der Waals surface area contributed by atoms with Crippen LogP contribution in [0.25, 0.3) is 22.1 Å². The summed E-state index contributed by atoms with van der Waals surface area (Å²) in [7, 11) is 1.58. The first kappa shape index (κ1) is 23.2. The predicted octanol–water partition coefficient (Wildman–Crippen LogP) is 3.17. The van der Waals surface area contributed by atoms with Crippen LogP contribution in [0.15, 0.2) is 57.7 Å². The van der Waals surface area contributed by atoms with Gasteiger partial charge in [-0.05, 0) is 53.8 Å². The van der Waals surface area contributed by atoms with Gasteiger partial charge in [-0.1, -0.05) is 12.1 Å². The molecule has 1 amide bonds. The number of methoxy groups -OCH3 is 1. The number of carboxylic acid groups (broad SMARTS) is 1. The third-order valence-corrected chi connectivity index (χ3v) is 5.37. The highest BCUT2D eigenvalue weighted by molar-refractivity contribution is 7.98. The van der Waals surface area contributed by atoms with E-state index in [1.54, 1.807) is 31.4 Å². The van der Waals surface area contributed by atoms with Crippen molar-refractivity contribution >= 4 is 34.6 Å². The molecule has 0 spiro atoms. The maximum atomic E-state index is 12.1. The maximum Gasteiger partial charge on any atom is 0.336 e. The Labute approximate surface area is 188 Å². The molecule has 8 nitrogen and oxygen atoms in total. The van der Waals surface area contributed by atoms with Crippen LogP contribution in [0.5, 0.6) is 11.5 Å². The van der Waals surface area contributed by atoms with Crippen molar-refractivity contribution in [1.82, 2.24) is 5.32 Å². The van der Waals surface area contributed by atoms with Gasteiger partial charge in [0.05, 0.1) is 7.11 Å². The Kier molecular flexibility index (Phi) is 7.77. The van der Waals surface area contributed by atoms with E-state index in [2.05, 4.69) is 5.32 Å². The van der Waals surface area contributed by atoms with Crippen molar-refractivity contribution in [3.63, 3.8) is 0 Å². The molecule has 0 saturated heterocycles. The third-order valence-electron chi connectivity index (χ3n) is 4.73. The van der Waals surface area contributed by atoms with Crippen molar-refractivity contribution in [3.8, 4) is 22.6 Å². The number of nitrogens with one attached hydrogen (secondary N) is 1. The minimum Gasteiger partial charge on any atom is -0.497 e. The Bertz CT molecular complexity index is 1160. The highest BCUT2D eigenvalue weighted by Crippen LogP contribution is 2.30. The van der Waals surface area contributed by atoms with E-state index in [9.17, 15) is 19.5 Å². The molecule has 0 unspecified atom stereocenters. The molecule has 2 aromatic carbocycles. The molecule has 0 aliphatic heterocycles. The van der Waals surface area contributed by atoms with Crippen LogP contribution in [0.3, 0.4) is 0 Å². The van der Waals surface area contributed by atoms with Gasteiger partial charge < -0.3 is 24.3 Å². The van der Waals surface area contributed by atoms with Crippen LogP contribution in [0.2, 0.25) is 0 Å². The number of carbonyl (C=O) groups excluding carboxylic acids is 1. The van der Waals surface area contributed by atoms with Gasteiger partial charge in [-0.3, -0.25) is 4.79 Å². The van der Waals surface area contributed by atoms with E-state index in [0.29, 0.717) is 40.2 Å². The molecule has 0 fully saturated rings. The van der Waals surface area contributed by atoms with Gasteiger partial charge in [-0.25, -0.2) is 9.59 Å². The Hall–Kier alpha value is -3.46. The highest BCUT2D eigenvalue weighted by atomic mass is 32.2. The van der Waals surface area contributed by atoms with E-state index in [0.717, 1.165) is 5.56 Å². The second-order valence-electron chi connectivity index (χ2n) is 6.89. The lowest BCUT2D eigenvalue weighted by Crippen LogP contribution is -2.43. The quantitative estimate of drug-likeness (QED) is 0.446. The SMILES string of the molecule is COc1ccc(-c2cc(=O)oc3cc(OCC(=O)N[C@@H](CCSC)C(=O)O)ccc23)cc1. The smallest absolute Gasteiger partial charge is 0.336 e. The van der Waals surface area contributed by atoms with Crippen molar-refractivity contribution in [2.75, 3.05) is 25.7 Å². The van der Waals surface area contributed by atoms with Crippen LogP contribution in [-0.4, -0.2) is 48.8 Å². The largest absolute Gasteiger partial charge is 0.497 e. The first-order chi connectivity index (χ1) is 15.4. The topological polar surface area (TPSA) is 115 Å². The number of ether oxygens (including phenoxy) is 2. The zero-order valence-corrected chi connectivity index (χ0v) is 18.4. The van der Waals surface area contributed by atoms with E-state index in [1.165, 1.54) is 23.9 Å². The second-order valence-corrected chi connectivity index (χ2v) is 7.88. The van der Waals surface area contributed by atoms with Crippen molar-refractivity contribution in [1.29, 1.82) is 0 Å². The molecular weight excluding hydrogens is 434 g/mol. The van der Waals surface area contributed by atoms with E-state index in [4.69, 9.17) is 13.9 Å². The van der Waals surface area contributed by atoms with Crippen molar-refractivity contribution in [2.24, 2.45) is 0 Å². The van der Waals surface area contributed by atoms with Crippen LogP contribution >= 0.6 is 11.8 Å². The number of thioether (sulfide) groups is 1. The van der Waals surface area contributed by atoms with Crippen molar-refractivity contribution < 1.29 is 28.6 Å². The first-order valence-corrected chi connectivity index (χ1v) is 11.2. The lowest BCUT2D eigenvalue weighted by Gasteiger charge is -2.14. The van der Waals surface area contributed by atoms with Crippen molar-refractivity contribution in [3.05, 3.63) is 59.0 Å². The van der Waals surface area contributed by atoms with Crippen LogP contribution in [0, 0.1) is 0 Å². The standard InChI is InChI=1S/C23H23NO7S/c1-29-15-5-3-14(4-6-15)18-12-22(26)31-20-11-16(7-8-17(18)20)30-13-21(25)24-19(23(27)28)9-10-32-2/h3-8,11-12,19H,9-10,13H2,1-2H3,(H,24,25)(H,27,28)/t19-/m0/s1. The number of carbonyl (C=O) groups is 2. The number of rotatable bonds is 10. The number of amides is 1. The minimum absolute atomic E-state index is 0.310. The van der Waals surface area contributed by atoms with Crippen molar-refractivity contribution in [2.45, 2.75) is 12.5 Å². The minimum atomic E-state index is -1.09. The molecule has 3 rings (SSSR count). The lowest BCUT2D eigenvalue weighted by atomic mass is 10.0. The Morgan fingerprint density at radius 1 is 1.12 bits per heavy atom. The summed E-state index contributed by atoms with van der Waals surface area (Å²) in [6.45, 7) is -0.364. The molecule has 0 saturated carbocycles. The summed E-state index contributed by atoms with van der Waals surface area (Å²) in [6, 6.07) is 12.7. The number of carboxylic acids is 1. The van der Waals surface area contributed by atoms with Gasteiger partial charge >= 0.3 is 11.6 Å². The van der Waals surface area contributed by atoms with E-state index in [1.807, 2.05) is 18.4 Å². The van der Waals surface area contributed by atoms with Crippen LogP contribution in [0.4, 0.5) is 0 Å². The summed E-state index contributed by atoms with van der Waals surface area (Å²) in [5.41, 5.74) is 1.31. The van der Waals surface area contributed by atoms with Gasteiger partial charge in [0.25, 0.3) is 5.91 Å². The Morgan fingerprint density at radius 3 is 2.50 bits per heavy atom. The lowest BCUT2D eigenvalue weighted by molar-refractivity contribution is -0.142. The second kappa shape index (κ2) is 10.7. The summed E-state index contributed by atoms with van der Waals surface area (Å²) >= 11 is 1.50. The predicted molar refractivity (Wildman–Crippen MR) is 123 cm³/mol. The zero-order chi connectivity index (χ0) is 23.1. The molecule has 168 valence electrons. The molecule has 0 bridgehead atoms. The van der Waals surface area contributed by atoms with Gasteiger partial charge in [0.1, 0.15) is 23.1 Å². The molecule has 0 aliphatic rings. The number of benzene rings is 2. The fourth-order valence-electron chi connectivity index (χ4n) is 3.12. The monoisotopic (exact) mass is 457 g/mol. The molecular formula is C23H23NO7S. The van der Waals surface area contributed by atoms with Crippen LogP contribution < -0.4 is 20.4 Å². The van der Waals surface area contributed by atoms with Gasteiger partial charge in [-0.15, -0.1) is 0 Å². The summed E-state index contributed by atoms with van der Waals surface area (Å²) in [5, 5.41) is 12.4. The summed E-state index contributed by atoms with van der Waals surface area (Å²) in [5.74, 6) is -0.0107. The molecule has 1 aromatic heterocycles. The number of hydrogen-bond acceptors (Lipinski definition) is 7. The molecule has 32 heavy (non-hydrogen) atoms. The summed E-state index contributed by atoms with van der Waals surface area (Å²) in [4.78, 5) is 35.5. The van der Waals surface area contributed by atoms with Gasteiger partial charge in [0.15, 0.2) is 6.61 Å². The Morgan fingerprint density at radius 2 is 1.84 bits per heavy atom. The molecule has 2 N–H and O–H groups in total. The summed E-state index contributed by atoms with van der Waals surface area (Å²) < 4.78 is 16.0. The fourth-order valence-corrected chi connectivity index (χ4v) is 3.59.